The van der Waals surface area contributed by atoms with Gasteiger partial charge < -0.3 is 9.97 Å². The van der Waals surface area contributed by atoms with E-state index < -0.39 is 10.8 Å². The predicted molar refractivity (Wildman–Crippen MR) is 172 cm³/mol. The van der Waals surface area contributed by atoms with E-state index in [1.165, 1.54) is 22.3 Å². The van der Waals surface area contributed by atoms with E-state index in [0.29, 0.717) is 37.1 Å². The van der Waals surface area contributed by atoms with E-state index in [9.17, 15) is 9.59 Å². The molecule has 222 valence electrons. The average molecular weight is 567 g/mol. The molecule has 8 bridgehead atoms. The summed E-state index contributed by atoms with van der Waals surface area (Å²) in [4.78, 5) is 45.7. The Morgan fingerprint density at radius 1 is 0.500 bits per heavy atom. The third kappa shape index (κ3) is 4.20. The topological polar surface area (TPSA) is 91.5 Å². The van der Waals surface area contributed by atoms with Crippen LogP contribution in [0.5, 0.6) is 0 Å². The van der Waals surface area contributed by atoms with Crippen LogP contribution in [0.2, 0.25) is 0 Å². The van der Waals surface area contributed by atoms with Gasteiger partial charge in [0, 0.05) is 22.1 Å². The zero-order valence-electron chi connectivity index (χ0n) is 26.7. The van der Waals surface area contributed by atoms with Crippen molar-refractivity contribution in [1.29, 1.82) is 0 Å². The van der Waals surface area contributed by atoms with E-state index in [4.69, 9.17) is 9.97 Å². The number of Topliss-reactive ketones (excluding diaryl/α,β-unsaturated/α-hetero) is 2. The zero-order valence-corrected chi connectivity index (χ0v) is 26.7. The van der Waals surface area contributed by atoms with E-state index in [-0.39, 0.29) is 11.6 Å². The smallest absolute Gasteiger partial charge is 0.193 e. The molecule has 6 nitrogen and oxygen atoms in total. The normalized spacial score (nSPS) is 15.9. The summed E-state index contributed by atoms with van der Waals surface area (Å²) in [6, 6.07) is 8.11. The Balaban J connectivity index is 2.04. The molecular formula is C36H46N4O2. The highest BCUT2D eigenvalue weighted by molar-refractivity contribution is 6.06. The third-order valence-corrected chi connectivity index (χ3v) is 10.3. The van der Waals surface area contributed by atoms with Crippen molar-refractivity contribution >= 4 is 33.6 Å². The summed E-state index contributed by atoms with van der Waals surface area (Å²) in [5, 5.41) is 0. The summed E-state index contributed by atoms with van der Waals surface area (Å²) in [7, 11) is 0. The van der Waals surface area contributed by atoms with Crippen LogP contribution in [-0.2, 0) is 36.5 Å². The summed E-state index contributed by atoms with van der Waals surface area (Å²) in [6.07, 6.45) is 6.04. The van der Waals surface area contributed by atoms with E-state index in [0.717, 1.165) is 59.1 Å². The molecule has 2 aliphatic heterocycles. The molecule has 2 aliphatic rings. The number of nitrogens with one attached hydrogen (secondary N) is 2. The first kappa shape index (κ1) is 29.9. The fourth-order valence-corrected chi connectivity index (χ4v) is 7.60. The lowest BCUT2D eigenvalue weighted by molar-refractivity contribution is 0.0878. The summed E-state index contributed by atoms with van der Waals surface area (Å²) in [5.74, 6) is 0.187. The second-order valence-electron chi connectivity index (χ2n) is 11.8. The van der Waals surface area contributed by atoms with Crippen molar-refractivity contribution < 1.29 is 9.59 Å². The van der Waals surface area contributed by atoms with Gasteiger partial charge in [-0.1, -0.05) is 55.4 Å². The number of H-pyrrole nitrogens is 2. The quantitative estimate of drug-likeness (QED) is 0.286. The number of aromatic amines is 2. The molecular weight excluding hydrogens is 520 g/mol. The van der Waals surface area contributed by atoms with Crippen LogP contribution in [0.3, 0.4) is 0 Å². The summed E-state index contributed by atoms with van der Waals surface area (Å²) in [5.41, 5.74) is 9.89. The van der Waals surface area contributed by atoms with Crippen molar-refractivity contribution in [3.63, 3.8) is 0 Å². The highest BCUT2D eigenvalue weighted by atomic mass is 16.1. The van der Waals surface area contributed by atoms with Gasteiger partial charge in [-0.05, 0) is 97.9 Å². The van der Waals surface area contributed by atoms with Crippen LogP contribution < -0.4 is 0 Å². The van der Waals surface area contributed by atoms with Gasteiger partial charge in [-0.25, -0.2) is 9.97 Å². The van der Waals surface area contributed by atoms with Crippen LogP contribution in [-0.4, -0.2) is 31.5 Å². The first-order valence-corrected chi connectivity index (χ1v) is 16.1. The zero-order chi connectivity index (χ0) is 30.4. The van der Waals surface area contributed by atoms with Gasteiger partial charge >= 0.3 is 0 Å². The van der Waals surface area contributed by atoms with E-state index >= 15 is 0 Å². The average Bonchev–Trinajstić information content (AvgIpc) is 3.67. The molecule has 0 saturated heterocycles. The monoisotopic (exact) mass is 566 g/mol. The van der Waals surface area contributed by atoms with Crippen molar-refractivity contribution in [3.8, 4) is 0 Å². The Morgan fingerprint density at radius 3 is 1.05 bits per heavy atom. The first-order valence-electron chi connectivity index (χ1n) is 16.1. The SMILES string of the molecule is CCc1c(CC)c2cc3nc(cc4[nH]c(cc5nc(cc1[nH]2)C(=O)C5(CC)CC)c(CC)c4CC)C(=O)C3(CC)CC. The Hall–Kier alpha value is -3.54. The number of rotatable bonds is 8. The summed E-state index contributed by atoms with van der Waals surface area (Å²) < 4.78 is 0. The number of aromatic nitrogens is 4. The van der Waals surface area contributed by atoms with Gasteiger partial charge in [0.25, 0.3) is 0 Å². The molecule has 5 heterocycles. The highest BCUT2D eigenvalue weighted by Crippen LogP contribution is 2.41. The minimum absolute atomic E-state index is 0.0935. The van der Waals surface area contributed by atoms with Crippen LogP contribution in [0.4, 0.5) is 0 Å². The predicted octanol–water partition coefficient (Wildman–Crippen LogP) is 8.45. The van der Waals surface area contributed by atoms with Gasteiger partial charge in [0.15, 0.2) is 11.6 Å². The molecule has 0 amide bonds. The summed E-state index contributed by atoms with van der Waals surface area (Å²) in [6.45, 7) is 17.0. The molecule has 0 aliphatic carbocycles. The van der Waals surface area contributed by atoms with Crippen LogP contribution in [0.1, 0.15) is 136 Å². The molecule has 0 radical (unpaired) electrons. The van der Waals surface area contributed by atoms with Crippen molar-refractivity contribution in [2.75, 3.05) is 0 Å². The highest BCUT2D eigenvalue weighted by Gasteiger charge is 2.45. The molecule has 0 unspecified atom stereocenters. The number of carbonyl (C=O) groups is 2. The molecule has 0 spiro atoms. The number of hydrogen-bond acceptors (Lipinski definition) is 4. The molecule has 2 N–H and O–H groups in total. The van der Waals surface area contributed by atoms with Gasteiger partial charge in [0.1, 0.15) is 11.4 Å². The van der Waals surface area contributed by atoms with Gasteiger partial charge in [-0.3, -0.25) is 9.59 Å². The summed E-state index contributed by atoms with van der Waals surface area (Å²) >= 11 is 0. The number of fused-ring (bicyclic) bond motifs is 8. The number of hydrogen-bond donors (Lipinski definition) is 2. The molecule has 3 aromatic rings. The third-order valence-electron chi connectivity index (χ3n) is 10.3. The second-order valence-corrected chi connectivity index (χ2v) is 11.8. The number of ketones is 2. The molecule has 42 heavy (non-hydrogen) atoms. The largest absolute Gasteiger partial charge is 0.355 e. The molecule has 0 atom stereocenters. The second kappa shape index (κ2) is 11.3. The van der Waals surface area contributed by atoms with Crippen molar-refractivity contribution in [1.82, 2.24) is 19.9 Å². The molecule has 0 saturated carbocycles. The lowest BCUT2D eigenvalue weighted by Crippen LogP contribution is -2.30. The fraction of sp³-hybridized carbons (Fsp3) is 0.500. The minimum Gasteiger partial charge on any atom is -0.355 e. The number of aryl methyl sites for hydroxylation is 4. The lowest BCUT2D eigenvalue weighted by atomic mass is 9.76. The Bertz CT molecular complexity index is 1590. The maximum absolute atomic E-state index is 14.1. The number of nitrogens with zero attached hydrogens (tertiary/aromatic N) is 2. The molecule has 0 aromatic carbocycles. The Labute approximate surface area is 249 Å². The van der Waals surface area contributed by atoms with Gasteiger partial charge in [0.2, 0.25) is 0 Å². The standard InChI is InChI=1S/C36H46N4O2/c1-9-21-23(11-3)27-19-31-35(13-5,14-6)34(42)30(40-31)18-26-22(10-2)24(12-4)28(38-26)20-32-36(15-7,16-8)33(41)29(39-32)17-25(21)37-27/h17-20,37-38H,9-16H2,1-8H3. The van der Waals surface area contributed by atoms with Crippen LogP contribution >= 0.6 is 0 Å². The Morgan fingerprint density at radius 2 is 0.786 bits per heavy atom. The van der Waals surface area contributed by atoms with Gasteiger partial charge in [0.05, 0.1) is 22.2 Å². The fourth-order valence-electron chi connectivity index (χ4n) is 7.60. The Kier molecular flexibility index (Phi) is 8.04. The lowest BCUT2D eigenvalue weighted by Gasteiger charge is -2.23. The number of carbonyl (C=O) groups excluding carboxylic acids is 2. The van der Waals surface area contributed by atoms with E-state index in [2.05, 4.69) is 77.5 Å². The maximum Gasteiger partial charge on any atom is 0.193 e. The van der Waals surface area contributed by atoms with E-state index in [1.54, 1.807) is 0 Å². The van der Waals surface area contributed by atoms with Crippen LogP contribution in [0, 0.1) is 0 Å². The molecule has 0 fully saturated rings. The van der Waals surface area contributed by atoms with Crippen molar-refractivity contribution in [2.24, 2.45) is 0 Å². The van der Waals surface area contributed by atoms with Crippen molar-refractivity contribution in [3.05, 3.63) is 69.3 Å². The van der Waals surface area contributed by atoms with Crippen molar-refractivity contribution in [2.45, 2.75) is 118 Å². The van der Waals surface area contributed by atoms with Crippen LogP contribution in [0.15, 0.2) is 24.3 Å². The van der Waals surface area contributed by atoms with Gasteiger partial charge in [-0.15, -0.1) is 0 Å². The maximum atomic E-state index is 14.1. The first-order chi connectivity index (χ1) is 20.2. The molecule has 5 rings (SSSR count). The van der Waals surface area contributed by atoms with E-state index in [1.807, 2.05) is 12.1 Å². The minimum atomic E-state index is -0.662. The van der Waals surface area contributed by atoms with Gasteiger partial charge in [-0.2, -0.15) is 0 Å². The van der Waals surface area contributed by atoms with Crippen LogP contribution in [0.25, 0.3) is 22.1 Å². The molecule has 3 aromatic heterocycles. The molecule has 6 heteroatoms.